The fraction of sp³-hybridized carbons (Fsp3) is 0.667. The molecule has 0 saturated heterocycles. The van der Waals surface area contributed by atoms with E-state index < -0.39 is 0 Å². The number of hydrogen-bond acceptors (Lipinski definition) is 4. The van der Waals surface area contributed by atoms with Gasteiger partial charge in [0.15, 0.2) is 0 Å². The number of hydrogen-bond donors (Lipinski definition) is 1. The van der Waals surface area contributed by atoms with Gasteiger partial charge in [0.05, 0.1) is 5.39 Å². The van der Waals surface area contributed by atoms with Gasteiger partial charge in [-0.3, -0.25) is 0 Å². The van der Waals surface area contributed by atoms with Crippen LogP contribution in [-0.2, 0) is 0 Å². The molecule has 1 N–H and O–H groups in total. The number of rotatable bonds is 4. The maximum absolute atomic E-state index is 4.45. The quantitative estimate of drug-likeness (QED) is 0.888. The van der Waals surface area contributed by atoms with Crippen LogP contribution >= 0.6 is 11.3 Å². The monoisotopic (exact) mass is 313 g/mol. The Morgan fingerprint density at radius 1 is 1.09 bits per heavy atom. The molecule has 0 spiro atoms. The lowest BCUT2D eigenvalue weighted by atomic mass is 9.49. The van der Waals surface area contributed by atoms with Gasteiger partial charge in [-0.15, -0.1) is 11.3 Å². The number of nitrogens with zero attached hydrogens (tertiary/aromatic N) is 2. The van der Waals surface area contributed by atoms with Crippen LogP contribution in [0.15, 0.2) is 17.8 Å². The molecule has 2 aromatic rings. The molecule has 116 valence electrons. The summed E-state index contributed by atoms with van der Waals surface area (Å²) in [5, 5.41) is 6.88. The molecular formula is C18H23N3S. The van der Waals surface area contributed by atoms with Gasteiger partial charge < -0.3 is 5.32 Å². The van der Waals surface area contributed by atoms with Gasteiger partial charge in [-0.1, -0.05) is 0 Å². The van der Waals surface area contributed by atoms with E-state index in [0.29, 0.717) is 5.41 Å². The Labute approximate surface area is 135 Å². The molecule has 3 nitrogen and oxygen atoms in total. The summed E-state index contributed by atoms with van der Waals surface area (Å²) in [4.78, 5) is 9.87. The topological polar surface area (TPSA) is 37.8 Å². The molecular weight excluding hydrogens is 290 g/mol. The zero-order valence-electron chi connectivity index (χ0n) is 12.9. The van der Waals surface area contributed by atoms with E-state index >= 15 is 0 Å². The lowest BCUT2D eigenvalue weighted by Crippen LogP contribution is -2.46. The SMILES string of the molecule is c1nc(NCCC23CC4CC(CC(C4)C2)C3)c2ccsc2n1. The third kappa shape index (κ3) is 2.15. The highest BCUT2D eigenvalue weighted by Crippen LogP contribution is 2.61. The highest BCUT2D eigenvalue weighted by atomic mass is 32.1. The second-order valence-corrected chi connectivity index (χ2v) is 8.85. The zero-order chi connectivity index (χ0) is 14.6. The zero-order valence-corrected chi connectivity index (χ0v) is 13.7. The van der Waals surface area contributed by atoms with Crippen molar-refractivity contribution in [2.45, 2.75) is 44.9 Å². The first-order chi connectivity index (χ1) is 10.8. The molecule has 0 unspecified atom stereocenters. The number of thiophene rings is 1. The van der Waals surface area contributed by atoms with Crippen molar-refractivity contribution in [2.75, 3.05) is 11.9 Å². The minimum absolute atomic E-state index is 0.655. The Balaban J connectivity index is 1.29. The van der Waals surface area contributed by atoms with Gasteiger partial charge in [0.1, 0.15) is 17.0 Å². The molecule has 4 aliphatic carbocycles. The first kappa shape index (κ1) is 13.3. The maximum atomic E-state index is 4.45. The summed E-state index contributed by atoms with van der Waals surface area (Å²) in [5.41, 5.74) is 0.655. The number of aromatic nitrogens is 2. The molecule has 2 heterocycles. The van der Waals surface area contributed by atoms with E-state index in [2.05, 4.69) is 26.7 Å². The maximum Gasteiger partial charge on any atom is 0.138 e. The van der Waals surface area contributed by atoms with Crippen molar-refractivity contribution >= 4 is 27.4 Å². The second-order valence-electron chi connectivity index (χ2n) is 7.96. The molecule has 0 atom stereocenters. The molecule has 0 amide bonds. The van der Waals surface area contributed by atoms with Gasteiger partial charge in [0.2, 0.25) is 0 Å². The summed E-state index contributed by atoms with van der Waals surface area (Å²) in [6.07, 6.45) is 12.1. The number of fused-ring (bicyclic) bond motifs is 1. The first-order valence-corrected chi connectivity index (χ1v) is 9.60. The van der Waals surface area contributed by atoms with Gasteiger partial charge in [-0.05, 0) is 79.6 Å². The molecule has 22 heavy (non-hydrogen) atoms. The van der Waals surface area contributed by atoms with Crippen LogP contribution in [0.4, 0.5) is 5.82 Å². The van der Waals surface area contributed by atoms with Gasteiger partial charge >= 0.3 is 0 Å². The number of anilines is 1. The number of nitrogens with one attached hydrogen (secondary N) is 1. The van der Waals surface area contributed by atoms with Crippen LogP contribution in [0.1, 0.15) is 44.9 Å². The van der Waals surface area contributed by atoms with Crippen molar-refractivity contribution < 1.29 is 0 Å². The molecule has 4 fully saturated rings. The Kier molecular flexibility index (Phi) is 2.97. The largest absolute Gasteiger partial charge is 0.369 e. The van der Waals surface area contributed by atoms with E-state index in [1.807, 2.05) is 0 Å². The second kappa shape index (κ2) is 4.92. The van der Waals surface area contributed by atoms with E-state index in [4.69, 9.17) is 0 Å². The van der Waals surface area contributed by atoms with Gasteiger partial charge in [0, 0.05) is 6.54 Å². The van der Waals surface area contributed by atoms with Crippen molar-refractivity contribution in [1.29, 1.82) is 0 Å². The summed E-state index contributed by atoms with van der Waals surface area (Å²) in [7, 11) is 0. The Bertz CT molecular complexity index is 657. The van der Waals surface area contributed by atoms with Crippen LogP contribution in [0.2, 0.25) is 0 Å². The van der Waals surface area contributed by atoms with E-state index in [-0.39, 0.29) is 0 Å². The van der Waals surface area contributed by atoms with Crippen molar-refractivity contribution in [3.8, 4) is 0 Å². The first-order valence-electron chi connectivity index (χ1n) is 8.72. The van der Waals surface area contributed by atoms with Crippen LogP contribution in [0.3, 0.4) is 0 Å². The summed E-state index contributed by atoms with van der Waals surface area (Å²) >= 11 is 1.69. The van der Waals surface area contributed by atoms with Gasteiger partial charge in [-0.25, -0.2) is 9.97 Å². The average Bonchev–Trinajstić information content (AvgIpc) is 2.95. The minimum Gasteiger partial charge on any atom is -0.369 e. The standard InChI is InChI=1S/C18H23N3S/c1-4-22-17-15(1)16(20-11-21-17)19-3-2-18-8-12-5-13(9-18)7-14(6-12)10-18/h1,4,11-14H,2-3,5-10H2,(H,19,20,21). The highest BCUT2D eigenvalue weighted by molar-refractivity contribution is 7.16. The Morgan fingerprint density at radius 3 is 2.55 bits per heavy atom. The van der Waals surface area contributed by atoms with Crippen molar-refractivity contribution in [2.24, 2.45) is 23.2 Å². The Morgan fingerprint density at radius 2 is 1.82 bits per heavy atom. The molecule has 0 aliphatic heterocycles. The third-order valence-electron chi connectivity index (χ3n) is 6.37. The summed E-state index contributed by atoms with van der Waals surface area (Å²) in [6.45, 7) is 1.06. The predicted octanol–water partition coefficient (Wildman–Crippen LogP) is 4.71. The molecule has 2 aromatic heterocycles. The lowest BCUT2D eigenvalue weighted by Gasteiger charge is -2.57. The highest BCUT2D eigenvalue weighted by Gasteiger charge is 2.50. The van der Waals surface area contributed by atoms with Gasteiger partial charge in [0.25, 0.3) is 0 Å². The summed E-state index contributed by atoms with van der Waals surface area (Å²) in [6, 6.07) is 2.13. The molecule has 4 aliphatic rings. The predicted molar refractivity (Wildman–Crippen MR) is 91.1 cm³/mol. The van der Waals surface area contributed by atoms with Crippen LogP contribution < -0.4 is 5.32 Å². The average molecular weight is 313 g/mol. The van der Waals surface area contributed by atoms with Crippen LogP contribution in [-0.4, -0.2) is 16.5 Å². The van der Waals surface area contributed by atoms with Crippen molar-refractivity contribution in [3.05, 3.63) is 17.8 Å². The molecule has 4 bridgehead atoms. The lowest BCUT2D eigenvalue weighted by molar-refractivity contribution is -0.0552. The molecule has 0 radical (unpaired) electrons. The van der Waals surface area contributed by atoms with Crippen molar-refractivity contribution in [3.63, 3.8) is 0 Å². The van der Waals surface area contributed by atoms with E-state index in [9.17, 15) is 0 Å². The molecule has 4 saturated carbocycles. The summed E-state index contributed by atoms with van der Waals surface area (Å²) < 4.78 is 0. The molecule has 4 heteroatoms. The molecule has 6 rings (SSSR count). The van der Waals surface area contributed by atoms with E-state index in [1.54, 1.807) is 17.7 Å². The minimum atomic E-state index is 0.655. The van der Waals surface area contributed by atoms with Crippen LogP contribution in [0.25, 0.3) is 10.2 Å². The fourth-order valence-electron chi connectivity index (χ4n) is 5.97. The van der Waals surface area contributed by atoms with Crippen molar-refractivity contribution in [1.82, 2.24) is 9.97 Å². The smallest absolute Gasteiger partial charge is 0.138 e. The fourth-order valence-corrected chi connectivity index (χ4v) is 6.71. The van der Waals surface area contributed by atoms with E-state index in [1.165, 1.54) is 50.3 Å². The van der Waals surface area contributed by atoms with Crippen LogP contribution in [0.5, 0.6) is 0 Å². The Hall–Kier alpha value is -1.16. The van der Waals surface area contributed by atoms with E-state index in [0.717, 1.165) is 34.9 Å². The summed E-state index contributed by atoms with van der Waals surface area (Å²) in [5.74, 6) is 4.17. The van der Waals surface area contributed by atoms with Gasteiger partial charge in [-0.2, -0.15) is 0 Å². The third-order valence-corrected chi connectivity index (χ3v) is 7.20. The molecule has 0 aromatic carbocycles. The van der Waals surface area contributed by atoms with Crippen LogP contribution in [0, 0.1) is 23.2 Å². The normalized spacial score (nSPS) is 36.1.